The Morgan fingerprint density at radius 2 is 1.86 bits per heavy atom. The Labute approximate surface area is 131 Å². The lowest BCUT2D eigenvalue weighted by atomic mass is 10.0. The monoisotopic (exact) mass is 325 g/mol. The van der Waals surface area contributed by atoms with Crippen molar-refractivity contribution in [1.29, 1.82) is 0 Å². The minimum atomic E-state index is -3.84. The molecule has 1 aliphatic heterocycles. The van der Waals surface area contributed by atoms with Gasteiger partial charge in [0.25, 0.3) is 5.91 Å². The van der Waals surface area contributed by atoms with E-state index in [9.17, 15) is 13.2 Å². The Morgan fingerprint density at radius 3 is 2.41 bits per heavy atom. The van der Waals surface area contributed by atoms with Crippen molar-refractivity contribution in [3.8, 4) is 0 Å². The summed E-state index contributed by atoms with van der Waals surface area (Å²) >= 11 is 0. The van der Waals surface area contributed by atoms with Crippen LogP contribution in [0.15, 0.2) is 17.0 Å². The molecule has 0 aromatic heterocycles. The zero-order valence-corrected chi connectivity index (χ0v) is 14.3. The summed E-state index contributed by atoms with van der Waals surface area (Å²) in [4.78, 5) is 16.8. The summed E-state index contributed by atoms with van der Waals surface area (Å²) in [5, 5.41) is 5.24. The molecule has 6 nitrogen and oxygen atoms in total. The highest BCUT2D eigenvalue weighted by atomic mass is 32.2. The number of rotatable bonds is 2. The zero-order chi connectivity index (χ0) is 16.7. The van der Waals surface area contributed by atoms with Crippen molar-refractivity contribution in [2.45, 2.75) is 31.7 Å². The van der Waals surface area contributed by atoms with Crippen LogP contribution in [0.25, 0.3) is 0 Å². The number of carbonyl (C=O) groups is 1. The van der Waals surface area contributed by atoms with Gasteiger partial charge in [-0.15, -0.1) is 0 Å². The van der Waals surface area contributed by atoms with Crippen LogP contribution >= 0.6 is 0 Å². The van der Waals surface area contributed by atoms with Crippen molar-refractivity contribution in [3.63, 3.8) is 0 Å². The van der Waals surface area contributed by atoms with Gasteiger partial charge in [0.05, 0.1) is 4.90 Å². The third-order valence-electron chi connectivity index (χ3n) is 4.15. The Hall–Kier alpha value is -1.44. The van der Waals surface area contributed by atoms with Crippen LogP contribution in [0.1, 0.15) is 28.4 Å². The first-order valence-corrected chi connectivity index (χ1v) is 8.79. The average Bonchev–Trinajstić information content (AvgIpc) is 2.36. The molecule has 2 rings (SSSR count). The fourth-order valence-electron chi connectivity index (χ4n) is 2.97. The summed E-state index contributed by atoms with van der Waals surface area (Å²) in [6.45, 7) is 7.74. The Bertz CT molecular complexity index is 700. The van der Waals surface area contributed by atoms with Crippen LogP contribution in [-0.4, -0.2) is 56.8 Å². The summed E-state index contributed by atoms with van der Waals surface area (Å²) in [7, 11) is -1.82. The number of hydrogen-bond donors (Lipinski definition) is 1. The molecule has 0 aliphatic carbocycles. The molecule has 0 saturated carbocycles. The molecule has 2 N–H and O–H groups in total. The van der Waals surface area contributed by atoms with E-state index in [1.54, 1.807) is 17.9 Å². The molecule has 0 bridgehead atoms. The van der Waals surface area contributed by atoms with E-state index in [4.69, 9.17) is 5.14 Å². The van der Waals surface area contributed by atoms with Crippen molar-refractivity contribution in [1.82, 2.24) is 9.80 Å². The highest BCUT2D eigenvalue weighted by molar-refractivity contribution is 7.89. The Morgan fingerprint density at radius 1 is 1.23 bits per heavy atom. The Kier molecular flexibility index (Phi) is 4.60. The number of hydrogen-bond acceptors (Lipinski definition) is 4. The van der Waals surface area contributed by atoms with E-state index in [-0.39, 0.29) is 16.8 Å². The van der Waals surface area contributed by atoms with E-state index < -0.39 is 10.0 Å². The quantitative estimate of drug-likeness (QED) is 0.869. The first kappa shape index (κ1) is 16.9. The summed E-state index contributed by atoms with van der Waals surface area (Å²) in [5.41, 5.74) is 1.73. The van der Waals surface area contributed by atoms with Crippen LogP contribution in [0.4, 0.5) is 0 Å². The molecule has 7 heteroatoms. The molecular formula is C15H23N3O3S. The number of likely N-dealkylation sites (N-methyl/N-ethyl adjacent to an activating group) is 1. The minimum Gasteiger partial charge on any atom is -0.333 e. The van der Waals surface area contributed by atoms with Crippen LogP contribution in [0.2, 0.25) is 0 Å². The molecule has 0 radical (unpaired) electrons. The lowest BCUT2D eigenvalue weighted by molar-refractivity contribution is 0.0532. The van der Waals surface area contributed by atoms with Crippen LogP contribution in [0.3, 0.4) is 0 Å². The Balaban J connectivity index is 2.42. The third-order valence-corrected chi connectivity index (χ3v) is 5.20. The average molecular weight is 325 g/mol. The normalized spacial score (nSPS) is 20.2. The van der Waals surface area contributed by atoms with E-state index >= 15 is 0 Å². The van der Waals surface area contributed by atoms with Crippen molar-refractivity contribution >= 4 is 15.9 Å². The second-order valence-corrected chi connectivity index (χ2v) is 7.62. The van der Waals surface area contributed by atoms with Crippen LogP contribution < -0.4 is 5.14 Å². The van der Waals surface area contributed by atoms with Crippen LogP contribution in [0.5, 0.6) is 0 Å². The van der Waals surface area contributed by atoms with Gasteiger partial charge in [-0.25, -0.2) is 13.6 Å². The van der Waals surface area contributed by atoms with Crippen molar-refractivity contribution < 1.29 is 13.2 Å². The number of carbonyl (C=O) groups excluding carboxylic acids is 1. The number of sulfonamides is 1. The predicted octanol–water partition coefficient (Wildman–Crippen LogP) is 0.727. The maximum atomic E-state index is 12.8. The summed E-state index contributed by atoms with van der Waals surface area (Å²) in [5.74, 6) is -0.136. The van der Waals surface area contributed by atoms with E-state index in [0.717, 1.165) is 18.7 Å². The SMILES string of the molecule is Cc1cc(C)c(S(N)(=O)=O)cc1C(=O)N1CCN(C)CC1C. The molecule has 0 spiro atoms. The largest absolute Gasteiger partial charge is 0.333 e. The number of aryl methyl sites for hydroxylation is 2. The highest BCUT2D eigenvalue weighted by Gasteiger charge is 2.28. The summed E-state index contributed by atoms with van der Waals surface area (Å²) in [6, 6.07) is 3.20. The summed E-state index contributed by atoms with van der Waals surface area (Å²) < 4.78 is 23.3. The maximum Gasteiger partial charge on any atom is 0.254 e. The van der Waals surface area contributed by atoms with E-state index in [2.05, 4.69) is 4.90 Å². The van der Waals surface area contributed by atoms with Gasteiger partial charge in [0.2, 0.25) is 10.0 Å². The van der Waals surface area contributed by atoms with Gasteiger partial charge < -0.3 is 9.80 Å². The van der Waals surface area contributed by atoms with Crippen molar-refractivity contribution in [2.24, 2.45) is 5.14 Å². The first-order valence-electron chi connectivity index (χ1n) is 7.25. The van der Waals surface area contributed by atoms with Crippen molar-refractivity contribution in [2.75, 3.05) is 26.7 Å². The van der Waals surface area contributed by atoms with E-state index in [1.165, 1.54) is 6.07 Å². The second kappa shape index (κ2) is 5.98. The lowest BCUT2D eigenvalue weighted by Crippen LogP contribution is -2.52. The standard InChI is InChI=1S/C15H23N3O3S/c1-10-7-11(2)14(22(16,20)21)8-13(10)15(19)18-6-5-17(4)9-12(18)3/h7-8,12H,5-6,9H2,1-4H3,(H2,16,20,21). The van der Waals surface area contributed by atoms with Gasteiger partial charge in [-0.05, 0) is 45.0 Å². The van der Waals surface area contributed by atoms with Crippen molar-refractivity contribution in [3.05, 3.63) is 28.8 Å². The van der Waals surface area contributed by atoms with Gasteiger partial charge in [-0.1, -0.05) is 6.07 Å². The number of nitrogens with two attached hydrogens (primary N) is 1. The predicted molar refractivity (Wildman–Crippen MR) is 85.3 cm³/mol. The zero-order valence-electron chi connectivity index (χ0n) is 13.5. The number of piperazine rings is 1. The molecular weight excluding hydrogens is 302 g/mol. The topological polar surface area (TPSA) is 83.7 Å². The van der Waals surface area contributed by atoms with E-state index in [1.807, 2.05) is 20.9 Å². The fraction of sp³-hybridized carbons (Fsp3) is 0.533. The minimum absolute atomic E-state index is 0.0169. The highest BCUT2D eigenvalue weighted by Crippen LogP contribution is 2.22. The van der Waals surface area contributed by atoms with Gasteiger partial charge in [-0.3, -0.25) is 4.79 Å². The van der Waals surface area contributed by atoms with Crippen LogP contribution in [-0.2, 0) is 10.0 Å². The molecule has 1 unspecified atom stereocenters. The molecule has 1 aromatic carbocycles. The van der Waals surface area contributed by atoms with Gasteiger partial charge in [-0.2, -0.15) is 0 Å². The molecule has 1 aliphatic rings. The number of amides is 1. The molecule has 1 atom stereocenters. The molecule has 1 fully saturated rings. The first-order chi connectivity index (χ1) is 10.1. The van der Waals surface area contributed by atoms with Gasteiger partial charge >= 0.3 is 0 Å². The van der Waals surface area contributed by atoms with Gasteiger partial charge in [0.1, 0.15) is 0 Å². The smallest absolute Gasteiger partial charge is 0.254 e. The van der Waals surface area contributed by atoms with Gasteiger partial charge in [0.15, 0.2) is 0 Å². The second-order valence-electron chi connectivity index (χ2n) is 6.09. The van der Waals surface area contributed by atoms with Gasteiger partial charge in [0, 0.05) is 31.2 Å². The number of benzene rings is 1. The molecule has 1 saturated heterocycles. The maximum absolute atomic E-state index is 12.8. The lowest BCUT2D eigenvalue weighted by Gasteiger charge is -2.38. The number of primary sulfonamides is 1. The molecule has 1 aromatic rings. The molecule has 122 valence electrons. The van der Waals surface area contributed by atoms with Crippen LogP contribution in [0, 0.1) is 13.8 Å². The molecule has 1 amide bonds. The summed E-state index contributed by atoms with van der Waals surface area (Å²) in [6.07, 6.45) is 0. The van der Waals surface area contributed by atoms with E-state index in [0.29, 0.717) is 17.7 Å². The molecule has 22 heavy (non-hydrogen) atoms. The third kappa shape index (κ3) is 3.31. The number of nitrogens with zero attached hydrogens (tertiary/aromatic N) is 2. The fourth-order valence-corrected chi connectivity index (χ4v) is 3.76. The molecule has 1 heterocycles.